The zero-order valence-electron chi connectivity index (χ0n) is 9.64. The van der Waals surface area contributed by atoms with Gasteiger partial charge >= 0.3 is 12.6 Å². The number of primary amides is 1. The van der Waals surface area contributed by atoms with Gasteiger partial charge in [0.2, 0.25) is 5.91 Å². The number of nitrogens with zero attached hydrogens (tertiary/aromatic N) is 3. The molecule has 0 unspecified atom stereocenters. The molecule has 3 N–H and O–H groups in total. The number of rotatable bonds is 5. The summed E-state index contributed by atoms with van der Waals surface area (Å²) < 4.78 is 25.7. The molecule has 0 spiro atoms. The summed E-state index contributed by atoms with van der Waals surface area (Å²) in [6.07, 6.45) is 2.40. The average molecular weight is 261 g/mol. The van der Waals surface area contributed by atoms with Crippen LogP contribution in [0.3, 0.4) is 0 Å². The molecule has 18 heavy (non-hydrogen) atoms. The predicted octanol–water partition coefficient (Wildman–Crippen LogP) is -0.0951. The van der Waals surface area contributed by atoms with E-state index in [0.717, 1.165) is 6.20 Å². The lowest BCUT2D eigenvalue weighted by Gasteiger charge is -2.16. The van der Waals surface area contributed by atoms with Crippen molar-refractivity contribution in [2.45, 2.75) is 13.1 Å². The van der Waals surface area contributed by atoms with E-state index in [-0.39, 0.29) is 18.9 Å². The van der Waals surface area contributed by atoms with Gasteiger partial charge in [-0.05, 0) is 7.05 Å². The molecular weight excluding hydrogens is 248 g/mol. The molecule has 0 aromatic carbocycles. The maximum atomic E-state index is 12.5. The molecule has 0 fully saturated rings. The number of imide groups is 1. The molecule has 0 radical (unpaired) electrons. The van der Waals surface area contributed by atoms with Gasteiger partial charge in [0.1, 0.15) is 5.82 Å². The smallest absolute Gasteiger partial charge is 0.319 e. The van der Waals surface area contributed by atoms with Crippen LogP contribution in [0.4, 0.5) is 13.6 Å². The lowest BCUT2D eigenvalue weighted by Crippen LogP contribution is -2.41. The van der Waals surface area contributed by atoms with Crippen LogP contribution in [0.2, 0.25) is 0 Å². The van der Waals surface area contributed by atoms with Gasteiger partial charge in [-0.25, -0.2) is 9.78 Å². The van der Waals surface area contributed by atoms with Gasteiger partial charge in [-0.3, -0.25) is 19.6 Å². The minimum Gasteiger partial charge on any atom is -0.351 e. The van der Waals surface area contributed by atoms with Gasteiger partial charge in [-0.2, -0.15) is 8.78 Å². The number of halogens is 2. The first kappa shape index (κ1) is 14.0. The Hall–Kier alpha value is -2.03. The van der Waals surface area contributed by atoms with Gasteiger partial charge in [0, 0.05) is 12.4 Å². The van der Waals surface area contributed by atoms with E-state index in [1.807, 2.05) is 5.32 Å². The van der Waals surface area contributed by atoms with Crippen LogP contribution in [0, 0.1) is 0 Å². The number of hydrogen-bond donors (Lipinski definition) is 2. The van der Waals surface area contributed by atoms with Crippen LogP contribution < -0.4 is 11.1 Å². The summed E-state index contributed by atoms with van der Waals surface area (Å²) >= 11 is 0. The molecule has 0 aliphatic carbocycles. The summed E-state index contributed by atoms with van der Waals surface area (Å²) in [5.41, 5.74) is 4.76. The molecule has 0 saturated heterocycles. The van der Waals surface area contributed by atoms with Crippen molar-refractivity contribution in [3.63, 3.8) is 0 Å². The number of carbonyl (C=O) groups excluding carboxylic acids is 2. The number of nitrogens with two attached hydrogens (primary N) is 1. The second kappa shape index (κ2) is 6.05. The number of urea groups is 1. The van der Waals surface area contributed by atoms with Crippen LogP contribution in [-0.4, -0.2) is 40.0 Å². The van der Waals surface area contributed by atoms with Crippen molar-refractivity contribution in [3.8, 4) is 0 Å². The van der Waals surface area contributed by atoms with Crippen LogP contribution in [0.25, 0.3) is 0 Å². The Morgan fingerprint density at radius 2 is 2.28 bits per heavy atom. The van der Waals surface area contributed by atoms with Crippen molar-refractivity contribution in [1.29, 1.82) is 0 Å². The third kappa shape index (κ3) is 4.09. The fourth-order valence-electron chi connectivity index (χ4n) is 1.36. The quantitative estimate of drug-likeness (QED) is 0.774. The van der Waals surface area contributed by atoms with Gasteiger partial charge in [0.05, 0.1) is 13.1 Å². The van der Waals surface area contributed by atoms with Crippen molar-refractivity contribution in [1.82, 2.24) is 19.8 Å². The van der Waals surface area contributed by atoms with Crippen LogP contribution in [0.5, 0.6) is 0 Å². The molecule has 100 valence electrons. The maximum absolute atomic E-state index is 12.5. The summed E-state index contributed by atoms with van der Waals surface area (Å²) in [7, 11) is 1.53. The van der Waals surface area contributed by atoms with E-state index in [9.17, 15) is 18.4 Å². The lowest BCUT2D eigenvalue weighted by molar-refractivity contribution is -0.120. The van der Waals surface area contributed by atoms with Crippen molar-refractivity contribution < 1.29 is 18.4 Å². The summed E-state index contributed by atoms with van der Waals surface area (Å²) in [4.78, 5) is 26.8. The molecule has 3 amide bonds. The molecule has 0 atom stereocenters. The average Bonchev–Trinajstić information content (AvgIpc) is 2.63. The third-order valence-electron chi connectivity index (χ3n) is 2.05. The van der Waals surface area contributed by atoms with Gasteiger partial charge < -0.3 is 5.73 Å². The number of nitrogens with one attached hydrogen (secondary N) is 1. The first-order chi connectivity index (χ1) is 8.40. The van der Waals surface area contributed by atoms with E-state index < -0.39 is 18.5 Å². The molecule has 1 heterocycles. The van der Waals surface area contributed by atoms with Crippen molar-refractivity contribution in [2.75, 3.05) is 13.6 Å². The molecule has 0 saturated carbocycles. The Kier molecular flexibility index (Phi) is 4.72. The van der Waals surface area contributed by atoms with E-state index in [2.05, 4.69) is 4.98 Å². The van der Waals surface area contributed by atoms with E-state index in [1.165, 1.54) is 18.1 Å². The summed E-state index contributed by atoms with van der Waals surface area (Å²) in [6.45, 7) is -2.79. The first-order valence-electron chi connectivity index (χ1n) is 4.98. The fraction of sp³-hybridized carbons (Fsp3) is 0.444. The zero-order chi connectivity index (χ0) is 13.7. The minimum atomic E-state index is -2.68. The summed E-state index contributed by atoms with van der Waals surface area (Å²) in [6, 6.07) is -0.956. The second-order valence-electron chi connectivity index (χ2n) is 3.61. The largest absolute Gasteiger partial charge is 0.351 e. The second-order valence-corrected chi connectivity index (χ2v) is 3.61. The fourth-order valence-corrected chi connectivity index (χ4v) is 1.36. The predicted molar refractivity (Wildman–Crippen MR) is 57.5 cm³/mol. The lowest BCUT2D eigenvalue weighted by atomic mass is 10.4. The molecule has 0 aliphatic heterocycles. The normalized spacial score (nSPS) is 10.9. The molecule has 0 aliphatic rings. The van der Waals surface area contributed by atoms with Crippen LogP contribution in [0.15, 0.2) is 12.4 Å². The van der Waals surface area contributed by atoms with E-state index in [0.29, 0.717) is 4.57 Å². The van der Waals surface area contributed by atoms with E-state index in [4.69, 9.17) is 5.73 Å². The van der Waals surface area contributed by atoms with Gasteiger partial charge in [0.25, 0.3) is 0 Å². The van der Waals surface area contributed by atoms with Crippen LogP contribution >= 0.6 is 0 Å². The van der Waals surface area contributed by atoms with Crippen molar-refractivity contribution >= 4 is 11.9 Å². The highest BCUT2D eigenvalue weighted by Gasteiger charge is 2.15. The SMILES string of the molecule is CN(CC(=O)NC(N)=O)Cc1nccn1C(F)F. The Morgan fingerprint density at radius 1 is 1.61 bits per heavy atom. The highest BCUT2D eigenvalue weighted by molar-refractivity contribution is 5.94. The number of likely N-dealkylation sites (N-methyl/N-ethyl adjacent to an activating group) is 1. The number of hydrogen-bond acceptors (Lipinski definition) is 4. The highest BCUT2D eigenvalue weighted by atomic mass is 19.3. The van der Waals surface area contributed by atoms with E-state index in [1.54, 1.807) is 0 Å². The number of aromatic nitrogens is 2. The number of imidazole rings is 1. The summed E-state index contributed by atoms with van der Waals surface area (Å²) in [5, 5.41) is 1.87. The molecule has 1 aromatic heterocycles. The van der Waals surface area contributed by atoms with Gasteiger partial charge in [0.15, 0.2) is 0 Å². The number of carbonyl (C=O) groups is 2. The Labute approximate surface area is 102 Å². The molecule has 9 heteroatoms. The molecule has 0 bridgehead atoms. The summed E-state index contributed by atoms with van der Waals surface area (Å²) in [5.74, 6) is -0.487. The van der Waals surface area contributed by atoms with Crippen molar-refractivity contribution in [2.24, 2.45) is 5.73 Å². The van der Waals surface area contributed by atoms with Crippen LogP contribution in [-0.2, 0) is 11.3 Å². The monoisotopic (exact) mass is 261 g/mol. The minimum absolute atomic E-state index is 0.0452. The highest BCUT2D eigenvalue weighted by Crippen LogP contribution is 2.13. The maximum Gasteiger partial charge on any atom is 0.319 e. The first-order valence-corrected chi connectivity index (χ1v) is 4.98. The van der Waals surface area contributed by atoms with Gasteiger partial charge in [-0.1, -0.05) is 0 Å². The van der Waals surface area contributed by atoms with Crippen molar-refractivity contribution in [3.05, 3.63) is 18.2 Å². The number of amides is 3. The Bertz CT molecular complexity index is 434. The Morgan fingerprint density at radius 3 is 2.83 bits per heavy atom. The molecular formula is C9H13F2N5O2. The van der Waals surface area contributed by atoms with E-state index >= 15 is 0 Å². The molecule has 7 nitrogen and oxygen atoms in total. The van der Waals surface area contributed by atoms with Gasteiger partial charge in [-0.15, -0.1) is 0 Å². The van der Waals surface area contributed by atoms with Crippen LogP contribution in [0.1, 0.15) is 12.4 Å². The third-order valence-corrected chi connectivity index (χ3v) is 2.05. The topological polar surface area (TPSA) is 93.2 Å². The molecule has 1 rings (SSSR count). The standard InChI is InChI=1S/C9H13F2N5O2/c1-15(5-7(17)14-9(12)18)4-6-13-2-3-16(6)8(10)11/h2-3,8H,4-5H2,1H3,(H3,12,14,17,18). The molecule has 1 aromatic rings. The number of alkyl halides is 2. The Balaban J connectivity index is 2.54. The zero-order valence-corrected chi connectivity index (χ0v) is 9.64.